The summed E-state index contributed by atoms with van der Waals surface area (Å²) in [5.74, 6) is 0. The van der Waals surface area contributed by atoms with Crippen molar-refractivity contribution < 1.29 is 10.2 Å². The van der Waals surface area contributed by atoms with Crippen LogP contribution in [0, 0.1) is 0 Å². The van der Waals surface area contributed by atoms with Crippen LogP contribution in [0.2, 0.25) is 0 Å². The lowest BCUT2D eigenvalue weighted by atomic mass is 10.0. The number of nitrogens with zero attached hydrogens (tertiary/aromatic N) is 1. The normalized spacial score (nSPS) is 15.3. The molecule has 0 fully saturated rings. The molecule has 13 heavy (non-hydrogen) atoms. The van der Waals surface area contributed by atoms with Gasteiger partial charge < -0.3 is 15.9 Å². The number of aliphatic hydroxyl groups excluding tert-OH is 2. The molecule has 0 aliphatic heterocycles. The zero-order valence-electron chi connectivity index (χ0n) is 7.30. The van der Waals surface area contributed by atoms with Crippen molar-refractivity contribution in [2.45, 2.75) is 18.6 Å². The number of pyridine rings is 1. The van der Waals surface area contributed by atoms with Gasteiger partial charge in [-0.3, -0.25) is 4.98 Å². The molecular weight excluding hydrogens is 168 g/mol. The average Bonchev–Trinajstić information content (AvgIpc) is 2.18. The first-order chi connectivity index (χ1) is 6.25. The van der Waals surface area contributed by atoms with Gasteiger partial charge in [0, 0.05) is 25.0 Å². The molecule has 0 aliphatic carbocycles. The van der Waals surface area contributed by atoms with E-state index in [9.17, 15) is 5.11 Å². The third-order valence-electron chi connectivity index (χ3n) is 1.92. The van der Waals surface area contributed by atoms with Gasteiger partial charge in [-0.05, 0) is 24.1 Å². The van der Waals surface area contributed by atoms with Gasteiger partial charge in [0.1, 0.15) is 0 Å². The summed E-state index contributed by atoms with van der Waals surface area (Å²) in [6, 6.07) is 3.00. The minimum absolute atomic E-state index is 0.0106. The summed E-state index contributed by atoms with van der Waals surface area (Å²) in [5.41, 5.74) is 6.36. The van der Waals surface area contributed by atoms with Crippen LogP contribution in [0.25, 0.3) is 0 Å². The standard InChI is InChI=1S/C9H14N2O2/c10-8(3-6-12)9(13)7-1-4-11-5-2-7/h1-2,4-5,8-9,12-13H,3,6,10H2. The molecule has 0 saturated heterocycles. The van der Waals surface area contributed by atoms with E-state index >= 15 is 0 Å². The van der Waals surface area contributed by atoms with Crippen molar-refractivity contribution in [3.05, 3.63) is 30.1 Å². The Morgan fingerprint density at radius 3 is 2.54 bits per heavy atom. The van der Waals surface area contributed by atoms with Crippen LogP contribution in [0.15, 0.2) is 24.5 Å². The molecule has 1 rings (SSSR count). The van der Waals surface area contributed by atoms with Gasteiger partial charge in [-0.25, -0.2) is 0 Å². The second kappa shape index (κ2) is 4.91. The second-order valence-electron chi connectivity index (χ2n) is 2.90. The Hall–Kier alpha value is -0.970. The van der Waals surface area contributed by atoms with Crippen LogP contribution < -0.4 is 5.73 Å². The Morgan fingerprint density at radius 2 is 2.00 bits per heavy atom. The lowest BCUT2D eigenvalue weighted by molar-refractivity contribution is 0.129. The van der Waals surface area contributed by atoms with Gasteiger partial charge in [0.2, 0.25) is 0 Å². The molecule has 0 radical (unpaired) electrons. The summed E-state index contributed by atoms with van der Waals surface area (Å²) in [4.78, 5) is 3.83. The highest BCUT2D eigenvalue weighted by atomic mass is 16.3. The molecular formula is C9H14N2O2. The van der Waals surface area contributed by atoms with Crippen molar-refractivity contribution >= 4 is 0 Å². The number of aliphatic hydroxyl groups is 2. The molecule has 4 N–H and O–H groups in total. The summed E-state index contributed by atoms with van der Waals surface area (Å²) in [6.45, 7) is -0.0106. The fourth-order valence-electron chi connectivity index (χ4n) is 1.11. The van der Waals surface area contributed by atoms with Crippen LogP contribution in [0.1, 0.15) is 18.1 Å². The van der Waals surface area contributed by atoms with Gasteiger partial charge in [-0.2, -0.15) is 0 Å². The number of nitrogens with two attached hydrogens (primary N) is 1. The van der Waals surface area contributed by atoms with Crippen molar-refractivity contribution in [3.8, 4) is 0 Å². The van der Waals surface area contributed by atoms with Gasteiger partial charge in [0.15, 0.2) is 0 Å². The molecule has 4 nitrogen and oxygen atoms in total. The molecule has 0 amide bonds. The van der Waals surface area contributed by atoms with Gasteiger partial charge in [-0.15, -0.1) is 0 Å². The quantitative estimate of drug-likeness (QED) is 0.603. The lowest BCUT2D eigenvalue weighted by Gasteiger charge is -2.17. The average molecular weight is 182 g/mol. The van der Waals surface area contributed by atoms with E-state index in [1.807, 2.05) is 0 Å². The zero-order valence-corrected chi connectivity index (χ0v) is 7.30. The van der Waals surface area contributed by atoms with E-state index in [1.54, 1.807) is 24.5 Å². The van der Waals surface area contributed by atoms with Crippen LogP contribution in [-0.2, 0) is 0 Å². The fourth-order valence-corrected chi connectivity index (χ4v) is 1.11. The van der Waals surface area contributed by atoms with Gasteiger partial charge in [0.25, 0.3) is 0 Å². The van der Waals surface area contributed by atoms with E-state index in [1.165, 1.54) is 0 Å². The van der Waals surface area contributed by atoms with Gasteiger partial charge in [-0.1, -0.05) is 0 Å². The summed E-state index contributed by atoms with van der Waals surface area (Å²) < 4.78 is 0. The van der Waals surface area contributed by atoms with E-state index in [2.05, 4.69) is 4.98 Å². The van der Waals surface area contributed by atoms with Crippen LogP contribution in [-0.4, -0.2) is 27.8 Å². The van der Waals surface area contributed by atoms with E-state index < -0.39 is 12.1 Å². The number of hydrogen-bond acceptors (Lipinski definition) is 4. The molecule has 72 valence electrons. The van der Waals surface area contributed by atoms with Gasteiger partial charge in [0.05, 0.1) is 6.10 Å². The van der Waals surface area contributed by atoms with Crippen LogP contribution >= 0.6 is 0 Å². The maximum Gasteiger partial charge on any atom is 0.0942 e. The van der Waals surface area contributed by atoms with Gasteiger partial charge >= 0.3 is 0 Å². The number of hydrogen-bond donors (Lipinski definition) is 3. The molecule has 1 aromatic heterocycles. The van der Waals surface area contributed by atoms with E-state index in [0.717, 1.165) is 5.56 Å². The molecule has 2 unspecified atom stereocenters. The Morgan fingerprint density at radius 1 is 1.38 bits per heavy atom. The van der Waals surface area contributed by atoms with Crippen LogP contribution in [0.4, 0.5) is 0 Å². The van der Waals surface area contributed by atoms with Crippen molar-refractivity contribution in [1.29, 1.82) is 0 Å². The van der Waals surface area contributed by atoms with Crippen molar-refractivity contribution in [2.75, 3.05) is 6.61 Å². The van der Waals surface area contributed by atoms with E-state index in [0.29, 0.717) is 6.42 Å². The summed E-state index contributed by atoms with van der Waals surface area (Å²) in [6.07, 6.45) is 2.87. The molecule has 1 aromatic rings. The molecule has 0 saturated carbocycles. The second-order valence-corrected chi connectivity index (χ2v) is 2.90. The molecule has 4 heteroatoms. The Bertz CT molecular complexity index is 241. The largest absolute Gasteiger partial charge is 0.396 e. The third-order valence-corrected chi connectivity index (χ3v) is 1.92. The molecule has 0 aromatic carbocycles. The molecule has 2 atom stereocenters. The topological polar surface area (TPSA) is 79.4 Å². The van der Waals surface area contributed by atoms with Crippen molar-refractivity contribution in [1.82, 2.24) is 4.98 Å². The minimum atomic E-state index is -0.727. The molecule has 0 aliphatic rings. The lowest BCUT2D eigenvalue weighted by Crippen LogP contribution is -2.29. The smallest absolute Gasteiger partial charge is 0.0942 e. The molecule has 1 heterocycles. The number of rotatable bonds is 4. The van der Waals surface area contributed by atoms with E-state index in [4.69, 9.17) is 10.8 Å². The van der Waals surface area contributed by atoms with Crippen LogP contribution in [0.3, 0.4) is 0 Å². The maximum absolute atomic E-state index is 9.66. The first-order valence-electron chi connectivity index (χ1n) is 4.20. The van der Waals surface area contributed by atoms with Crippen molar-refractivity contribution in [2.24, 2.45) is 5.73 Å². The van der Waals surface area contributed by atoms with Crippen LogP contribution in [0.5, 0.6) is 0 Å². The maximum atomic E-state index is 9.66. The summed E-state index contributed by atoms with van der Waals surface area (Å²) in [7, 11) is 0. The monoisotopic (exact) mass is 182 g/mol. The highest BCUT2D eigenvalue weighted by Gasteiger charge is 2.15. The first kappa shape index (κ1) is 10.1. The minimum Gasteiger partial charge on any atom is -0.396 e. The predicted octanol–water partition coefficient (Wildman–Crippen LogP) is -0.175. The van der Waals surface area contributed by atoms with E-state index in [-0.39, 0.29) is 6.61 Å². The summed E-state index contributed by atoms with van der Waals surface area (Å²) >= 11 is 0. The van der Waals surface area contributed by atoms with Crippen molar-refractivity contribution in [3.63, 3.8) is 0 Å². The molecule has 0 spiro atoms. The molecule has 0 bridgehead atoms. The highest BCUT2D eigenvalue weighted by molar-refractivity contribution is 5.14. The fraction of sp³-hybridized carbons (Fsp3) is 0.444. The summed E-state index contributed by atoms with van der Waals surface area (Å²) in [5, 5.41) is 18.3. The highest BCUT2D eigenvalue weighted by Crippen LogP contribution is 2.15. The predicted molar refractivity (Wildman–Crippen MR) is 48.9 cm³/mol. The Labute approximate surface area is 77.0 Å². The third kappa shape index (κ3) is 2.77. The Kier molecular flexibility index (Phi) is 3.82. The zero-order chi connectivity index (χ0) is 9.68. The number of aromatic nitrogens is 1. The Balaban J connectivity index is 2.62. The first-order valence-corrected chi connectivity index (χ1v) is 4.20. The SMILES string of the molecule is NC(CCO)C(O)c1ccncc1.